The summed E-state index contributed by atoms with van der Waals surface area (Å²) in [5.74, 6) is -0.888. The normalized spacial score (nSPS) is 10.1. The number of phenolic OH excluding ortho intramolecular Hbond substituents is 1. The van der Waals surface area contributed by atoms with Crippen LogP contribution in [0.2, 0.25) is 0 Å². The molecule has 0 bridgehead atoms. The monoisotopic (exact) mass is 288 g/mol. The van der Waals surface area contributed by atoms with Crippen LogP contribution in [0.15, 0.2) is 30.6 Å². The molecule has 0 aliphatic carbocycles. The summed E-state index contributed by atoms with van der Waals surface area (Å²) in [4.78, 5) is 30.3. The van der Waals surface area contributed by atoms with E-state index in [1.807, 2.05) is 0 Å². The topological polar surface area (TPSA) is 118 Å². The third-order valence-corrected chi connectivity index (χ3v) is 2.69. The maximum atomic E-state index is 12.0. The number of rotatable bonds is 4. The molecule has 8 heteroatoms. The Hall–Kier alpha value is -3.03. The van der Waals surface area contributed by atoms with E-state index in [-0.39, 0.29) is 23.5 Å². The molecule has 2 aromatic rings. The molecule has 0 fully saturated rings. The highest BCUT2D eigenvalue weighted by atomic mass is 16.6. The van der Waals surface area contributed by atoms with Gasteiger partial charge in [-0.2, -0.15) is 0 Å². The van der Waals surface area contributed by atoms with Gasteiger partial charge >= 0.3 is 0 Å². The quantitative estimate of drug-likeness (QED) is 0.647. The molecular formula is C13H12N4O4. The minimum atomic E-state index is -0.681. The third-order valence-electron chi connectivity index (χ3n) is 2.69. The average Bonchev–Trinajstić information content (AvgIpc) is 2.46. The summed E-state index contributed by atoms with van der Waals surface area (Å²) < 4.78 is 0. The highest BCUT2D eigenvalue weighted by molar-refractivity contribution is 5.98. The second-order valence-corrected chi connectivity index (χ2v) is 4.29. The zero-order chi connectivity index (χ0) is 15.4. The summed E-state index contributed by atoms with van der Waals surface area (Å²) in [6, 6.07) is 3.28. The molecule has 0 saturated heterocycles. The van der Waals surface area contributed by atoms with Crippen molar-refractivity contribution in [2.24, 2.45) is 0 Å². The van der Waals surface area contributed by atoms with Gasteiger partial charge in [-0.1, -0.05) is 0 Å². The van der Waals surface area contributed by atoms with E-state index in [1.165, 1.54) is 6.20 Å². The van der Waals surface area contributed by atoms with Crippen LogP contribution in [-0.4, -0.2) is 25.9 Å². The van der Waals surface area contributed by atoms with Crippen molar-refractivity contribution < 1.29 is 14.8 Å². The van der Waals surface area contributed by atoms with Crippen LogP contribution in [0.5, 0.6) is 5.75 Å². The van der Waals surface area contributed by atoms with Gasteiger partial charge in [0.25, 0.3) is 11.6 Å². The molecule has 0 radical (unpaired) electrons. The highest BCUT2D eigenvalue weighted by Crippen LogP contribution is 2.23. The average molecular weight is 288 g/mol. The smallest absolute Gasteiger partial charge is 0.282 e. The number of hydrogen-bond donors (Lipinski definition) is 2. The van der Waals surface area contributed by atoms with Crippen molar-refractivity contribution in [1.29, 1.82) is 0 Å². The van der Waals surface area contributed by atoms with Gasteiger partial charge in [-0.15, -0.1) is 0 Å². The number of nitrogens with one attached hydrogen (secondary N) is 1. The van der Waals surface area contributed by atoms with Crippen LogP contribution >= 0.6 is 0 Å². The molecule has 2 rings (SSSR count). The first-order valence-corrected chi connectivity index (χ1v) is 6.00. The lowest BCUT2D eigenvalue weighted by molar-refractivity contribution is -0.385. The summed E-state index contributed by atoms with van der Waals surface area (Å²) in [5, 5.41) is 22.7. The molecule has 0 aliphatic rings. The largest absolute Gasteiger partial charge is 0.508 e. The molecule has 0 aliphatic heterocycles. The van der Waals surface area contributed by atoms with Gasteiger partial charge in [-0.25, -0.2) is 0 Å². The van der Waals surface area contributed by atoms with E-state index in [2.05, 4.69) is 15.3 Å². The number of carbonyl (C=O) groups excluding carboxylic acids is 1. The van der Waals surface area contributed by atoms with Crippen LogP contribution in [-0.2, 0) is 6.54 Å². The molecule has 1 amide bonds. The molecule has 1 aromatic heterocycles. The van der Waals surface area contributed by atoms with Gasteiger partial charge in [-0.05, 0) is 19.1 Å². The van der Waals surface area contributed by atoms with Crippen LogP contribution in [0.25, 0.3) is 0 Å². The van der Waals surface area contributed by atoms with E-state index in [4.69, 9.17) is 0 Å². The molecule has 2 N–H and O–H groups in total. The van der Waals surface area contributed by atoms with Crippen LogP contribution in [0.4, 0.5) is 5.69 Å². The number of carbonyl (C=O) groups is 1. The number of nitro groups is 1. The molecular weight excluding hydrogens is 276 g/mol. The first-order valence-electron chi connectivity index (χ1n) is 6.00. The van der Waals surface area contributed by atoms with Gasteiger partial charge in [0, 0.05) is 12.3 Å². The number of amides is 1. The van der Waals surface area contributed by atoms with Crippen molar-refractivity contribution in [3.8, 4) is 5.75 Å². The maximum Gasteiger partial charge on any atom is 0.282 e. The van der Waals surface area contributed by atoms with Gasteiger partial charge < -0.3 is 10.4 Å². The second-order valence-electron chi connectivity index (χ2n) is 4.29. The lowest BCUT2D eigenvalue weighted by Gasteiger charge is -2.06. The second kappa shape index (κ2) is 5.95. The summed E-state index contributed by atoms with van der Waals surface area (Å²) in [6.07, 6.45) is 3.06. The Kier molecular flexibility index (Phi) is 4.07. The molecule has 8 nitrogen and oxygen atoms in total. The van der Waals surface area contributed by atoms with Crippen molar-refractivity contribution in [3.63, 3.8) is 0 Å². The number of phenols is 1. The number of benzene rings is 1. The Morgan fingerprint density at radius 2 is 2.14 bits per heavy atom. The minimum absolute atomic E-state index is 0.0823. The summed E-state index contributed by atoms with van der Waals surface area (Å²) in [5.41, 5.74) is 0.686. The van der Waals surface area contributed by atoms with Gasteiger partial charge in [0.2, 0.25) is 0 Å². The van der Waals surface area contributed by atoms with Gasteiger partial charge in [0.15, 0.2) is 0 Å². The van der Waals surface area contributed by atoms with E-state index >= 15 is 0 Å². The molecule has 108 valence electrons. The van der Waals surface area contributed by atoms with Gasteiger partial charge in [-0.3, -0.25) is 24.9 Å². The van der Waals surface area contributed by atoms with Gasteiger partial charge in [0.05, 0.1) is 29.1 Å². The zero-order valence-corrected chi connectivity index (χ0v) is 11.1. The van der Waals surface area contributed by atoms with Crippen molar-refractivity contribution in [3.05, 3.63) is 57.7 Å². The van der Waals surface area contributed by atoms with Crippen LogP contribution in [0.1, 0.15) is 21.7 Å². The minimum Gasteiger partial charge on any atom is -0.508 e. The summed E-state index contributed by atoms with van der Waals surface area (Å²) in [7, 11) is 0. The Bertz CT molecular complexity index is 685. The predicted molar refractivity (Wildman–Crippen MR) is 72.7 cm³/mol. The zero-order valence-electron chi connectivity index (χ0n) is 11.1. The molecule has 0 unspecified atom stereocenters. The lowest BCUT2D eigenvalue weighted by atomic mass is 10.1. The molecule has 0 atom stereocenters. The standard InChI is InChI=1S/C13H12N4O4/c1-8-5-15-9(6-14-8)7-16-13(19)11-4-10(18)2-3-12(11)17(20)21/h2-6,18H,7H2,1H3,(H,16,19). The fraction of sp³-hybridized carbons (Fsp3) is 0.154. The molecule has 0 spiro atoms. The highest BCUT2D eigenvalue weighted by Gasteiger charge is 2.20. The van der Waals surface area contributed by atoms with E-state index < -0.39 is 10.8 Å². The first-order chi connectivity index (χ1) is 9.97. The fourth-order valence-electron chi connectivity index (χ4n) is 1.64. The van der Waals surface area contributed by atoms with E-state index in [0.29, 0.717) is 5.69 Å². The summed E-state index contributed by atoms with van der Waals surface area (Å²) in [6.45, 7) is 1.87. The van der Waals surface area contributed by atoms with E-state index in [0.717, 1.165) is 23.9 Å². The lowest BCUT2D eigenvalue weighted by Crippen LogP contribution is -2.24. The predicted octanol–water partition coefficient (Wildman–Crippen LogP) is 1.33. The third kappa shape index (κ3) is 3.50. The Morgan fingerprint density at radius 3 is 2.76 bits per heavy atom. The van der Waals surface area contributed by atoms with Crippen molar-refractivity contribution in [2.75, 3.05) is 0 Å². The van der Waals surface area contributed by atoms with E-state index in [1.54, 1.807) is 13.1 Å². The van der Waals surface area contributed by atoms with Crippen LogP contribution < -0.4 is 5.32 Å². The summed E-state index contributed by atoms with van der Waals surface area (Å²) >= 11 is 0. The van der Waals surface area contributed by atoms with Crippen molar-refractivity contribution in [1.82, 2.24) is 15.3 Å². The van der Waals surface area contributed by atoms with Crippen LogP contribution in [0.3, 0.4) is 0 Å². The number of aromatic hydroxyl groups is 1. The first kappa shape index (κ1) is 14.4. The molecule has 21 heavy (non-hydrogen) atoms. The number of nitro benzene ring substituents is 1. The molecule has 0 saturated carbocycles. The van der Waals surface area contributed by atoms with E-state index in [9.17, 15) is 20.0 Å². The van der Waals surface area contributed by atoms with Crippen molar-refractivity contribution >= 4 is 11.6 Å². The Balaban J connectivity index is 2.15. The SMILES string of the molecule is Cc1cnc(CNC(=O)c2cc(O)ccc2[N+](=O)[O-])cn1. The number of aryl methyl sites for hydroxylation is 1. The Morgan fingerprint density at radius 1 is 1.38 bits per heavy atom. The number of hydrogen-bond acceptors (Lipinski definition) is 6. The maximum absolute atomic E-state index is 12.0. The van der Waals surface area contributed by atoms with Crippen LogP contribution in [0, 0.1) is 17.0 Å². The Labute approximate surface area is 119 Å². The number of nitrogens with zero attached hydrogens (tertiary/aromatic N) is 3. The molecule has 1 heterocycles. The van der Waals surface area contributed by atoms with Gasteiger partial charge in [0.1, 0.15) is 11.3 Å². The fourth-order valence-corrected chi connectivity index (χ4v) is 1.64. The number of aromatic nitrogens is 2. The van der Waals surface area contributed by atoms with Crippen molar-refractivity contribution in [2.45, 2.75) is 13.5 Å². The molecule has 1 aromatic carbocycles.